The number of piperazine rings is 1. The lowest BCUT2D eigenvalue weighted by Crippen LogP contribution is -2.52. The maximum Gasteiger partial charge on any atom is 0.333 e. The molecule has 2 aliphatic rings. The Morgan fingerprint density at radius 1 is 0.897 bits per heavy atom. The van der Waals surface area contributed by atoms with E-state index in [4.69, 9.17) is 0 Å². The van der Waals surface area contributed by atoms with Crippen molar-refractivity contribution in [2.75, 3.05) is 50.1 Å². The fourth-order valence-corrected chi connectivity index (χ4v) is 4.31. The predicted octanol–water partition coefficient (Wildman–Crippen LogP) is 1.90. The van der Waals surface area contributed by atoms with Crippen LogP contribution >= 0.6 is 11.3 Å². The van der Waals surface area contributed by atoms with Crippen molar-refractivity contribution in [3.8, 4) is 0 Å². The Morgan fingerprint density at radius 3 is 2.10 bits per heavy atom. The summed E-state index contributed by atoms with van der Waals surface area (Å²) in [7, 11) is 2.73. The van der Waals surface area contributed by atoms with Gasteiger partial charge in [0.25, 0.3) is 11.8 Å². The highest BCUT2D eigenvalue weighted by Crippen LogP contribution is 2.28. The van der Waals surface area contributed by atoms with E-state index in [2.05, 4.69) is 26.9 Å². The number of thiazole rings is 1. The van der Waals surface area contributed by atoms with Crippen LogP contribution in [0.15, 0.2) is 42.1 Å². The molecule has 0 N–H and O–H groups in total. The molecule has 29 heavy (non-hydrogen) atoms. The summed E-state index contributed by atoms with van der Waals surface area (Å²) in [5, 5.41) is 0.859. The summed E-state index contributed by atoms with van der Waals surface area (Å²) in [6.07, 6.45) is 3.18. The fraction of sp³-hybridized carbons (Fsp3) is 0.300. The fourth-order valence-electron chi connectivity index (χ4n) is 3.40. The lowest BCUT2D eigenvalue weighted by molar-refractivity contribution is -0.134. The van der Waals surface area contributed by atoms with Gasteiger partial charge < -0.3 is 9.80 Å². The molecule has 8 nitrogen and oxygen atoms in total. The molecule has 0 unspecified atom stereocenters. The second kappa shape index (κ2) is 7.67. The van der Waals surface area contributed by atoms with Gasteiger partial charge in [-0.1, -0.05) is 29.5 Å². The molecule has 2 aliphatic heterocycles. The van der Waals surface area contributed by atoms with Crippen molar-refractivity contribution in [1.82, 2.24) is 14.8 Å². The number of barbiturate groups is 1. The van der Waals surface area contributed by atoms with Crippen LogP contribution in [0, 0.1) is 0 Å². The molecule has 4 rings (SSSR count). The topological polar surface area (TPSA) is 77.1 Å². The minimum absolute atomic E-state index is 0.0290. The minimum Gasteiger partial charge on any atom is -0.368 e. The van der Waals surface area contributed by atoms with Gasteiger partial charge >= 0.3 is 6.03 Å². The molecule has 4 amide bonds. The molecule has 0 saturated carbocycles. The molecule has 0 radical (unpaired) electrons. The zero-order valence-electron chi connectivity index (χ0n) is 16.2. The average Bonchev–Trinajstić information content (AvgIpc) is 3.23. The maximum absolute atomic E-state index is 12.3. The monoisotopic (exact) mass is 411 g/mol. The van der Waals surface area contributed by atoms with E-state index in [0.717, 1.165) is 41.1 Å². The Morgan fingerprint density at radius 2 is 1.48 bits per heavy atom. The summed E-state index contributed by atoms with van der Waals surface area (Å²) in [6.45, 7) is 3.48. The number of urea groups is 1. The van der Waals surface area contributed by atoms with Crippen molar-refractivity contribution in [2.24, 2.45) is 0 Å². The molecule has 0 aliphatic carbocycles. The Kier molecular flexibility index (Phi) is 5.06. The number of para-hydroxylation sites is 1. The van der Waals surface area contributed by atoms with Gasteiger partial charge in [-0.05, 0) is 18.2 Å². The molecule has 3 heterocycles. The van der Waals surface area contributed by atoms with Crippen LogP contribution in [0.3, 0.4) is 0 Å². The molecular weight excluding hydrogens is 390 g/mol. The maximum atomic E-state index is 12.3. The number of benzene rings is 1. The molecule has 0 atom stereocenters. The Balaban J connectivity index is 1.46. The highest BCUT2D eigenvalue weighted by Gasteiger charge is 2.37. The number of rotatable bonds is 3. The van der Waals surface area contributed by atoms with Gasteiger partial charge in [-0.25, -0.2) is 9.78 Å². The number of nitrogens with zero attached hydrogens (tertiary/aromatic N) is 5. The van der Waals surface area contributed by atoms with Gasteiger partial charge in [-0.15, -0.1) is 0 Å². The summed E-state index contributed by atoms with van der Waals surface area (Å²) in [6, 6.07) is 9.69. The first-order valence-electron chi connectivity index (χ1n) is 9.28. The molecule has 2 fully saturated rings. The number of hydrogen-bond donors (Lipinski definition) is 0. The number of imide groups is 2. The van der Waals surface area contributed by atoms with E-state index in [1.807, 2.05) is 18.2 Å². The second-order valence-electron chi connectivity index (χ2n) is 6.92. The molecule has 0 spiro atoms. The molecule has 2 saturated heterocycles. The molecule has 9 heteroatoms. The summed E-state index contributed by atoms with van der Waals surface area (Å²) in [5.74, 6) is -1.19. The number of aromatic nitrogens is 1. The zero-order chi connectivity index (χ0) is 20.5. The lowest BCUT2D eigenvalue weighted by Gasteiger charge is -2.35. The Hall–Kier alpha value is -3.20. The number of amides is 4. The van der Waals surface area contributed by atoms with E-state index in [1.165, 1.54) is 37.2 Å². The molecular formula is C20H21N5O3S. The van der Waals surface area contributed by atoms with Crippen molar-refractivity contribution < 1.29 is 14.4 Å². The third-order valence-electron chi connectivity index (χ3n) is 5.11. The quantitative estimate of drug-likeness (QED) is 0.567. The van der Waals surface area contributed by atoms with Crippen molar-refractivity contribution in [3.63, 3.8) is 0 Å². The highest BCUT2D eigenvalue weighted by atomic mass is 32.1. The van der Waals surface area contributed by atoms with Crippen LogP contribution in [0.1, 0.15) is 4.88 Å². The Bertz CT molecular complexity index is 953. The van der Waals surface area contributed by atoms with E-state index in [0.29, 0.717) is 4.88 Å². The van der Waals surface area contributed by atoms with Crippen LogP contribution in [0.5, 0.6) is 0 Å². The van der Waals surface area contributed by atoms with Crippen LogP contribution in [-0.2, 0) is 9.59 Å². The summed E-state index contributed by atoms with van der Waals surface area (Å²) >= 11 is 1.43. The van der Waals surface area contributed by atoms with Gasteiger partial charge in [-0.3, -0.25) is 19.4 Å². The van der Waals surface area contributed by atoms with Gasteiger partial charge in [0.15, 0.2) is 5.13 Å². The van der Waals surface area contributed by atoms with E-state index in [1.54, 1.807) is 6.20 Å². The largest absolute Gasteiger partial charge is 0.368 e. The number of hydrogen-bond acceptors (Lipinski definition) is 7. The number of carbonyl (C=O) groups excluding carboxylic acids is 3. The summed E-state index contributed by atoms with van der Waals surface area (Å²) < 4.78 is 0. The van der Waals surface area contributed by atoms with Crippen LogP contribution in [-0.4, -0.2) is 72.9 Å². The average molecular weight is 411 g/mol. The predicted molar refractivity (Wildman–Crippen MR) is 112 cm³/mol. The van der Waals surface area contributed by atoms with Crippen LogP contribution in [0.2, 0.25) is 0 Å². The first kappa shape index (κ1) is 19.1. The highest BCUT2D eigenvalue weighted by molar-refractivity contribution is 7.16. The van der Waals surface area contributed by atoms with Crippen LogP contribution in [0.4, 0.5) is 15.6 Å². The summed E-state index contributed by atoms with van der Waals surface area (Å²) in [5.41, 5.74) is 1.19. The smallest absolute Gasteiger partial charge is 0.333 e. The van der Waals surface area contributed by atoms with E-state index in [9.17, 15) is 14.4 Å². The van der Waals surface area contributed by atoms with Crippen LogP contribution < -0.4 is 9.80 Å². The van der Waals surface area contributed by atoms with E-state index < -0.39 is 17.8 Å². The number of carbonyl (C=O) groups is 3. The molecule has 0 bridgehead atoms. The van der Waals surface area contributed by atoms with Crippen molar-refractivity contribution >= 4 is 46.1 Å². The summed E-state index contributed by atoms with van der Waals surface area (Å²) in [4.78, 5) is 48.1. The lowest BCUT2D eigenvalue weighted by atomic mass is 10.1. The number of anilines is 2. The van der Waals surface area contributed by atoms with Gasteiger partial charge in [0.2, 0.25) is 0 Å². The Labute approximate surface area is 172 Å². The second-order valence-corrected chi connectivity index (χ2v) is 7.96. The van der Waals surface area contributed by atoms with Gasteiger partial charge in [-0.2, -0.15) is 0 Å². The van der Waals surface area contributed by atoms with E-state index >= 15 is 0 Å². The van der Waals surface area contributed by atoms with Gasteiger partial charge in [0.1, 0.15) is 5.57 Å². The van der Waals surface area contributed by atoms with Crippen LogP contribution in [0.25, 0.3) is 6.08 Å². The third-order valence-corrected chi connectivity index (χ3v) is 6.12. The van der Waals surface area contributed by atoms with Crippen molar-refractivity contribution in [2.45, 2.75) is 0 Å². The molecule has 2 aromatic rings. The van der Waals surface area contributed by atoms with Crippen molar-refractivity contribution in [3.05, 3.63) is 47.0 Å². The SMILES string of the molecule is CN1C(=O)C(=Cc2cnc(N3CCN(c4ccccc4)CC3)s2)C(=O)N(C)C1=O. The normalized spacial score (nSPS) is 18.0. The molecule has 150 valence electrons. The third kappa shape index (κ3) is 3.61. The minimum atomic E-state index is -0.626. The number of likely N-dealkylation sites (N-methyl/N-ethyl adjacent to an activating group) is 2. The molecule has 1 aromatic heterocycles. The first-order chi connectivity index (χ1) is 14.0. The van der Waals surface area contributed by atoms with Gasteiger partial charge in [0.05, 0.1) is 4.88 Å². The molecule has 1 aromatic carbocycles. The zero-order valence-corrected chi connectivity index (χ0v) is 17.1. The van der Waals surface area contributed by atoms with Gasteiger partial charge in [0, 0.05) is 52.2 Å². The standard InChI is InChI=1S/C20H21N5O3S/c1-22-17(26)16(18(27)23(2)20(22)28)12-15-13-21-19(29-15)25-10-8-24(9-11-25)14-6-4-3-5-7-14/h3-7,12-13H,8-11H2,1-2H3. The first-order valence-corrected chi connectivity index (χ1v) is 10.1. The van der Waals surface area contributed by atoms with Crippen molar-refractivity contribution in [1.29, 1.82) is 0 Å². The van der Waals surface area contributed by atoms with E-state index in [-0.39, 0.29) is 5.57 Å².